The van der Waals surface area contributed by atoms with Gasteiger partial charge in [-0.25, -0.2) is 0 Å². The van der Waals surface area contributed by atoms with Crippen LogP contribution in [0.15, 0.2) is 18.2 Å². The quantitative estimate of drug-likeness (QED) is 0.536. The van der Waals surface area contributed by atoms with E-state index in [4.69, 9.17) is 22.4 Å². The molecule has 0 aliphatic rings. The number of nitro benzene ring substituents is 1. The highest BCUT2D eigenvalue weighted by Gasteiger charge is 2.20. The number of nitrogens with two attached hydrogens (primary N) is 1. The highest BCUT2D eigenvalue weighted by atomic mass is 35.5. The van der Waals surface area contributed by atoms with Crippen molar-refractivity contribution in [2.24, 2.45) is 5.73 Å². The van der Waals surface area contributed by atoms with Crippen molar-refractivity contribution < 1.29 is 19.6 Å². The van der Waals surface area contributed by atoms with Gasteiger partial charge in [0.05, 0.1) is 11.0 Å². The van der Waals surface area contributed by atoms with Crippen molar-refractivity contribution in [2.45, 2.75) is 18.9 Å². The molecule has 0 saturated carbocycles. The Bertz CT molecular complexity index is 549. The molecule has 9 heteroatoms. The molecule has 20 heavy (non-hydrogen) atoms. The van der Waals surface area contributed by atoms with E-state index in [0.29, 0.717) is 0 Å². The van der Waals surface area contributed by atoms with E-state index in [1.165, 1.54) is 12.1 Å². The van der Waals surface area contributed by atoms with Crippen LogP contribution in [0.1, 0.15) is 12.8 Å². The lowest BCUT2D eigenvalue weighted by Crippen LogP contribution is -2.36. The number of benzene rings is 1. The first-order valence-corrected chi connectivity index (χ1v) is 5.91. The van der Waals surface area contributed by atoms with Gasteiger partial charge < -0.3 is 16.2 Å². The number of carbonyl (C=O) groups excluding carboxylic acids is 1. The third kappa shape index (κ3) is 4.48. The van der Waals surface area contributed by atoms with E-state index in [2.05, 4.69) is 5.32 Å². The standard InChI is InChI=1S/C11H12ClN3O5/c12-6-1-3-9(15(19)20)8(5-6)14-11(18)7(13)2-4-10(16)17/h1,3,5,7H,2,4,13H2,(H,14,18)(H,16,17). The maximum absolute atomic E-state index is 11.7. The van der Waals surface area contributed by atoms with E-state index in [-0.39, 0.29) is 29.2 Å². The molecule has 0 saturated heterocycles. The smallest absolute Gasteiger partial charge is 0.303 e. The molecule has 8 nitrogen and oxygen atoms in total. The highest BCUT2D eigenvalue weighted by Crippen LogP contribution is 2.27. The molecule has 0 spiro atoms. The maximum Gasteiger partial charge on any atom is 0.303 e. The topological polar surface area (TPSA) is 136 Å². The lowest BCUT2D eigenvalue weighted by atomic mass is 10.1. The molecule has 1 aromatic rings. The van der Waals surface area contributed by atoms with Crippen LogP contribution in [0, 0.1) is 10.1 Å². The highest BCUT2D eigenvalue weighted by molar-refractivity contribution is 6.31. The summed E-state index contributed by atoms with van der Waals surface area (Å²) < 4.78 is 0. The molecular formula is C11H12ClN3O5. The average Bonchev–Trinajstić information content (AvgIpc) is 2.35. The predicted molar refractivity (Wildman–Crippen MR) is 71.6 cm³/mol. The summed E-state index contributed by atoms with van der Waals surface area (Å²) in [6.07, 6.45) is -0.345. The molecule has 4 N–H and O–H groups in total. The Kier molecular flexibility index (Phi) is 5.42. The summed E-state index contributed by atoms with van der Waals surface area (Å²) in [5, 5.41) is 21.8. The van der Waals surface area contributed by atoms with Crippen LogP contribution in [-0.2, 0) is 9.59 Å². The second-order valence-electron chi connectivity index (χ2n) is 3.95. The Balaban J connectivity index is 2.81. The zero-order valence-electron chi connectivity index (χ0n) is 10.2. The number of rotatable bonds is 6. The first-order chi connectivity index (χ1) is 9.31. The van der Waals surface area contributed by atoms with Crippen LogP contribution in [0.5, 0.6) is 0 Å². The lowest BCUT2D eigenvalue weighted by Gasteiger charge is -2.11. The first-order valence-electron chi connectivity index (χ1n) is 5.53. The van der Waals surface area contributed by atoms with Crippen LogP contribution in [0.3, 0.4) is 0 Å². The monoisotopic (exact) mass is 301 g/mol. The minimum absolute atomic E-state index is 0.0739. The molecule has 1 atom stereocenters. The number of nitrogens with zero attached hydrogens (tertiary/aromatic N) is 1. The van der Waals surface area contributed by atoms with Crippen LogP contribution >= 0.6 is 11.6 Å². The zero-order chi connectivity index (χ0) is 15.3. The van der Waals surface area contributed by atoms with E-state index in [1.54, 1.807) is 0 Å². The van der Waals surface area contributed by atoms with E-state index < -0.39 is 22.8 Å². The molecule has 0 fully saturated rings. The van der Waals surface area contributed by atoms with Gasteiger partial charge >= 0.3 is 5.97 Å². The van der Waals surface area contributed by atoms with Crippen molar-refractivity contribution in [3.05, 3.63) is 33.3 Å². The van der Waals surface area contributed by atoms with Gasteiger partial charge in [-0.1, -0.05) is 11.6 Å². The summed E-state index contributed by atoms with van der Waals surface area (Å²) in [5.74, 6) is -1.79. The third-order valence-electron chi connectivity index (χ3n) is 2.42. The van der Waals surface area contributed by atoms with Crippen LogP contribution in [-0.4, -0.2) is 27.9 Å². The molecule has 0 radical (unpaired) electrons. The molecule has 1 amide bonds. The number of hydrogen-bond acceptors (Lipinski definition) is 5. The van der Waals surface area contributed by atoms with Crippen LogP contribution in [0.4, 0.5) is 11.4 Å². The molecule has 0 aliphatic heterocycles. The summed E-state index contributed by atoms with van der Waals surface area (Å²) in [6.45, 7) is 0. The van der Waals surface area contributed by atoms with Gasteiger partial charge in [-0.2, -0.15) is 0 Å². The molecule has 1 unspecified atom stereocenters. The van der Waals surface area contributed by atoms with Gasteiger partial charge in [0.15, 0.2) is 0 Å². The molecule has 1 rings (SSSR count). The zero-order valence-corrected chi connectivity index (χ0v) is 11.0. The fraction of sp³-hybridized carbons (Fsp3) is 0.273. The summed E-state index contributed by atoms with van der Waals surface area (Å²) in [6, 6.07) is 2.62. The summed E-state index contributed by atoms with van der Waals surface area (Å²) in [7, 11) is 0. The Hall–Kier alpha value is -2.19. The molecule has 1 aromatic carbocycles. The van der Waals surface area contributed by atoms with Crippen molar-refractivity contribution in [3.8, 4) is 0 Å². The average molecular weight is 302 g/mol. The summed E-state index contributed by atoms with van der Waals surface area (Å²) in [4.78, 5) is 32.2. The van der Waals surface area contributed by atoms with Crippen molar-refractivity contribution >= 4 is 34.9 Å². The van der Waals surface area contributed by atoms with Crippen LogP contribution in [0.25, 0.3) is 0 Å². The Morgan fingerprint density at radius 3 is 2.70 bits per heavy atom. The summed E-state index contributed by atoms with van der Waals surface area (Å²) >= 11 is 5.70. The van der Waals surface area contributed by atoms with Crippen molar-refractivity contribution in [1.82, 2.24) is 0 Å². The van der Waals surface area contributed by atoms with E-state index >= 15 is 0 Å². The van der Waals surface area contributed by atoms with Gasteiger partial charge in [0.25, 0.3) is 5.69 Å². The van der Waals surface area contributed by atoms with E-state index in [9.17, 15) is 19.7 Å². The normalized spacial score (nSPS) is 11.7. The van der Waals surface area contributed by atoms with Crippen molar-refractivity contribution in [3.63, 3.8) is 0 Å². The SMILES string of the molecule is NC(CCC(=O)O)C(=O)Nc1cc(Cl)ccc1[N+](=O)[O-]. The lowest BCUT2D eigenvalue weighted by molar-refractivity contribution is -0.383. The Labute approximate surface area is 118 Å². The van der Waals surface area contributed by atoms with E-state index in [0.717, 1.165) is 6.07 Å². The molecule has 0 aliphatic carbocycles. The number of carboxylic acids is 1. The number of carbonyl (C=O) groups is 2. The first kappa shape index (κ1) is 15.9. The molecule has 0 bridgehead atoms. The number of hydrogen-bond donors (Lipinski definition) is 3. The number of amides is 1. The van der Waals surface area contributed by atoms with Crippen molar-refractivity contribution in [2.75, 3.05) is 5.32 Å². The number of halogens is 1. The largest absolute Gasteiger partial charge is 0.481 e. The fourth-order valence-electron chi connectivity index (χ4n) is 1.40. The number of aliphatic carboxylic acids is 1. The fourth-order valence-corrected chi connectivity index (χ4v) is 1.58. The minimum Gasteiger partial charge on any atom is -0.481 e. The minimum atomic E-state index is -1.08. The Morgan fingerprint density at radius 2 is 2.15 bits per heavy atom. The van der Waals surface area contributed by atoms with Gasteiger partial charge in [0.1, 0.15) is 5.69 Å². The number of anilines is 1. The third-order valence-corrected chi connectivity index (χ3v) is 2.65. The van der Waals surface area contributed by atoms with Crippen molar-refractivity contribution in [1.29, 1.82) is 0 Å². The van der Waals surface area contributed by atoms with Gasteiger partial charge in [-0.3, -0.25) is 19.7 Å². The predicted octanol–water partition coefficient (Wildman–Crippen LogP) is 1.38. The second kappa shape index (κ2) is 6.83. The second-order valence-corrected chi connectivity index (χ2v) is 4.38. The van der Waals surface area contributed by atoms with Gasteiger partial charge in [-0.15, -0.1) is 0 Å². The number of nitro groups is 1. The van der Waals surface area contributed by atoms with Crippen LogP contribution < -0.4 is 11.1 Å². The molecule has 108 valence electrons. The molecule has 0 heterocycles. The number of nitrogens with one attached hydrogen (secondary N) is 1. The van der Waals surface area contributed by atoms with Gasteiger partial charge in [0, 0.05) is 17.5 Å². The summed E-state index contributed by atoms with van der Waals surface area (Å²) in [5.41, 5.74) is 5.09. The van der Waals surface area contributed by atoms with Gasteiger partial charge in [0.2, 0.25) is 5.91 Å². The molecular weight excluding hydrogens is 290 g/mol. The molecule has 0 aromatic heterocycles. The Morgan fingerprint density at radius 1 is 1.50 bits per heavy atom. The van der Waals surface area contributed by atoms with Gasteiger partial charge in [-0.05, 0) is 18.6 Å². The maximum atomic E-state index is 11.7. The van der Waals surface area contributed by atoms with E-state index in [1.807, 2.05) is 0 Å². The number of carboxylic acid groups (broad SMARTS) is 1. The van der Waals surface area contributed by atoms with Crippen LogP contribution in [0.2, 0.25) is 5.02 Å².